The first kappa shape index (κ1) is 14.4. The van der Waals surface area contributed by atoms with Gasteiger partial charge in [-0.1, -0.05) is 30.3 Å². The molecule has 0 amide bonds. The zero-order valence-corrected chi connectivity index (χ0v) is 13.1. The van der Waals surface area contributed by atoms with Gasteiger partial charge in [0, 0.05) is 10.1 Å². The molecule has 3 rings (SSSR count). The summed E-state index contributed by atoms with van der Waals surface area (Å²) in [4.78, 5) is 1.31. The summed E-state index contributed by atoms with van der Waals surface area (Å²) in [6.07, 6.45) is 4.22. The Morgan fingerprint density at radius 3 is 2.81 bits per heavy atom. The van der Waals surface area contributed by atoms with Crippen molar-refractivity contribution in [2.75, 3.05) is 7.05 Å². The van der Waals surface area contributed by atoms with Crippen LogP contribution in [0, 0.1) is 11.3 Å². The van der Waals surface area contributed by atoms with Gasteiger partial charge in [-0.3, -0.25) is 0 Å². The van der Waals surface area contributed by atoms with E-state index in [0.29, 0.717) is 5.25 Å². The fourth-order valence-corrected chi connectivity index (χ4v) is 4.52. The Hall–Kier alpha value is -1.50. The van der Waals surface area contributed by atoms with Gasteiger partial charge in [0.25, 0.3) is 0 Å². The lowest BCUT2D eigenvalue weighted by Gasteiger charge is -2.35. The molecule has 2 aromatic rings. The molecule has 0 bridgehead atoms. The summed E-state index contributed by atoms with van der Waals surface area (Å²) >= 11 is 1.92. The fraction of sp³-hybridized carbons (Fsp3) is 0.389. The van der Waals surface area contributed by atoms with E-state index in [9.17, 15) is 5.26 Å². The van der Waals surface area contributed by atoms with Gasteiger partial charge in [-0.05, 0) is 55.6 Å². The van der Waals surface area contributed by atoms with Gasteiger partial charge in [0.05, 0.1) is 6.07 Å². The van der Waals surface area contributed by atoms with E-state index in [1.54, 1.807) is 0 Å². The van der Waals surface area contributed by atoms with Gasteiger partial charge < -0.3 is 5.32 Å². The summed E-state index contributed by atoms with van der Waals surface area (Å²) in [5.41, 5.74) is -0.327. The molecule has 1 aliphatic carbocycles. The van der Waals surface area contributed by atoms with Gasteiger partial charge in [0.15, 0.2) is 0 Å². The van der Waals surface area contributed by atoms with Crippen LogP contribution in [0.2, 0.25) is 0 Å². The predicted molar refractivity (Wildman–Crippen MR) is 89.5 cm³/mol. The van der Waals surface area contributed by atoms with Crippen molar-refractivity contribution in [1.29, 1.82) is 5.26 Å². The normalized spacial score (nSPS) is 25.6. The Labute approximate surface area is 130 Å². The third-order valence-electron chi connectivity index (χ3n) is 4.42. The minimum absolute atomic E-state index is 0.327. The summed E-state index contributed by atoms with van der Waals surface area (Å²) in [5, 5.41) is 15.8. The third-order valence-corrected chi connectivity index (χ3v) is 5.68. The van der Waals surface area contributed by atoms with E-state index in [0.717, 1.165) is 19.3 Å². The highest BCUT2D eigenvalue weighted by atomic mass is 32.2. The quantitative estimate of drug-likeness (QED) is 0.914. The number of hydrogen-bond donors (Lipinski definition) is 1. The second-order valence-electron chi connectivity index (χ2n) is 5.79. The number of fused-ring (bicyclic) bond motifs is 1. The highest BCUT2D eigenvalue weighted by Crippen LogP contribution is 2.38. The zero-order valence-electron chi connectivity index (χ0n) is 12.3. The van der Waals surface area contributed by atoms with Gasteiger partial charge in [0.1, 0.15) is 5.54 Å². The molecule has 0 spiro atoms. The van der Waals surface area contributed by atoms with Gasteiger partial charge in [0.2, 0.25) is 0 Å². The minimum Gasteiger partial charge on any atom is -0.302 e. The molecule has 2 aromatic carbocycles. The smallest absolute Gasteiger partial charge is 0.107 e. The average molecular weight is 296 g/mol. The predicted octanol–water partition coefficient (Wildman–Crippen LogP) is 4.36. The number of hydrogen-bond acceptors (Lipinski definition) is 3. The van der Waals surface area contributed by atoms with Crippen LogP contribution < -0.4 is 5.32 Å². The molecule has 1 saturated carbocycles. The molecule has 21 heavy (non-hydrogen) atoms. The molecule has 0 heterocycles. The first-order chi connectivity index (χ1) is 10.2. The summed E-state index contributed by atoms with van der Waals surface area (Å²) < 4.78 is 0. The standard InChI is InChI=1S/C18H20N2S/c1-20-18(13-19)10-4-7-17(12-18)21-16-9-8-14-5-2-3-6-15(14)11-16/h2-3,5-6,8-9,11,17,20H,4,7,10,12H2,1H3. The molecular formula is C18H20N2S. The van der Waals surface area contributed by atoms with Gasteiger partial charge in [-0.25, -0.2) is 0 Å². The molecule has 1 aliphatic rings. The number of nitrogens with one attached hydrogen (secondary N) is 1. The molecule has 108 valence electrons. The molecule has 0 aliphatic heterocycles. The van der Waals surface area contributed by atoms with E-state index >= 15 is 0 Å². The van der Waals surface area contributed by atoms with Crippen molar-refractivity contribution >= 4 is 22.5 Å². The Kier molecular flexibility index (Phi) is 4.19. The summed E-state index contributed by atoms with van der Waals surface area (Å²) in [5.74, 6) is 0. The van der Waals surface area contributed by atoms with Gasteiger partial charge in [-0.15, -0.1) is 11.8 Å². The van der Waals surface area contributed by atoms with Crippen molar-refractivity contribution in [1.82, 2.24) is 5.32 Å². The molecule has 2 atom stereocenters. The number of rotatable bonds is 3. The monoisotopic (exact) mass is 296 g/mol. The molecule has 0 aromatic heterocycles. The fourth-order valence-electron chi connectivity index (χ4n) is 3.14. The van der Waals surface area contributed by atoms with E-state index in [-0.39, 0.29) is 5.54 Å². The van der Waals surface area contributed by atoms with Crippen LogP contribution in [-0.4, -0.2) is 17.8 Å². The van der Waals surface area contributed by atoms with E-state index in [2.05, 4.69) is 53.9 Å². The summed E-state index contributed by atoms with van der Waals surface area (Å²) in [6, 6.07) is 17.6. The first-order valence-electron chi connectivity index (χ1n) is 7.50. The number of nitrogens with zero attached hydrogens (tertiary/aromatic N) is 1. The van der Waals surface area contributed by atoms with E-state index in [1.807, 2.05) is 18.8 Å². The maximum atomic E-state index is 9.44. The Morgan fingerprint density at radius 1 is 1.24 bits per heavy atom. The van der Waals surface area contributed by atoms with Gasteiger partial charge >= 0.3 is 0 Å². The number of benzene rings is 2. The van der Waals surface area contributed by atoms with Crippen molar-refractivity contribution < 1.29 is 0 Å². The van der Waals surface area contributed by atoms with Crippen LogP contribution in [0.1, 0.15) is 25.7 Å². The maximum absolute atomic E-state index is 9.44. The van der Waals surface area contributed by atoms with Crippen LogP contribution >= 0.6 is 11.8 Å². The molecule has 2 nitrogen and oxygen atoms in total. The van der Waals surface area contributed by atoms with Crippen molar-refractivity contribution in [2.24, 2.45) is 0 Å². The van der Waals surface area contributed by atoms with Crippen molar-refractivity contribution in [3.8, 4) is 6.07 Å². The van der Waals surface area contributed by atoms with E-state index < -0.39 is 0 Å². The van der Waals surface area contributed by atoms with E-state index in [1.165, 1.54) is 22.1 Å². The molecule has 0 saturated heterocycles. The Bertz CT molecular complexity index is 676. The van der Waals surface area contributed by atoms with E-state index in [4.69, 9.17) is 0 Å². The van der Waals surface area contributed by atoms with Gasteiger partial charge in [-0.2, -0.15) is 5.26 Å². The zero-order chi connectivity index (χ0) is 14.7. The summed E-state index contributed by atoms with van der Waals surface area (Å²) in [7, 11) is 1.91. The Balaban J connectivity index is 1.77. The minimum atomic E-state index is -0.327. The van der Waals surface area contributed by atoms with Crippen LogP contribution in [0.3, 0.4) is 0 Å². The van der Waals surface area contributed by atoms with Crippen LogP contribution in [0.4, 0.5) is 0 Å². The van der Waals surface area contributed by atoms with Crippen molar-refractivity contribution in [3.05, 3.63) is 42.5 Å². The molecule has 1 N–H and O–H groups in total. The molecule has 2 unspecified atom stereocenters. The first-order valence-corrected chi connectivity index (χ1v) is 8.38. The number of thioether (sulfide) groups is 1. The second-order valence-corrected chi connectivity index (χ2v) is 7.16. The molecule has 0 radical (unpaired) electrons. The largest absolute Gasteiger partial charge is 0.302 e. The molecule has 1 fully saturated rings. The van der Waals surface area contributed by atoms with Crippen molar-refractivity contribution in [2.45, 2.75) is 41.4 Å². The lowest BCUT2D eigenvalue weighted by molar-refractivity contribution is 0.323. The highest BCUT2D eigenvalue weighted by molar-refractivity contribution is 8.00. The summed E-state index contributed by atoms with van der Waals surface area (Å²) in [6.45, 7) is 0. The average Bonchev–Trinajstić information content (AvgIpc) is 2.55. The van der Waals surface area contributed by atoms with Crippen LogP contribution in [0.25, 0.3) is 10.8 Å². The lowest BCUT2D eigenvalue weighted by atomic mass is 9.83. The van der Waals surface area contributed by atoms with Crippen LogP contribution in [0.5, 0.6) is 0 Å². The van der Waals surface area contributed by atoms with Crippen LogP contribution in [0.15, 0.2) is 47.4 Å². The highest BCUT2D eigenvalue weighted by Gasteiger charge is 2.35. The molecular weight excluding hydrogens is 276 g/mol. The SMILES string of the molecule is CNC1(C#N)CCCC(Sc2ccc3ccccc3c2)C1. The Morgan fingerprint density at radius 2 is 2.05 bits per heavy atom. The molecule has 3 heteroatoms. The van der Waals surface area contributed by atoms with Crippen molar-refractivity contribution in [3.63, 3.8) is 0 Å². The topological polar surface area (TPSA) is 35.8 Å². The second kappa shape index (κ2) is 6.09. The lowest BCUT2D eigenvalue weighted by Crippen LogP contribution is -2.46. The third kappa shape index (κ3) is 3.07. The van der Waals surface area contributed by atoms with Crippen LogP contribution in [-0.2, 0) is 0 Å². The number of nitriles is 1. The maximum Gasteiger partial charge on any atom is 0.107 e.